The molecule has 0 N–H and O–H groups in total. The van der Waals surface area contributed by atoms with E-state index in [4.69, 9.17) is 0 Å². The summed E-state index contributed by atoms with van der Waals surface area (Å²) >= 11 is 0. The lowest BCUT2D eigenvalue weighted by molar-refractivity contribution is 0.958. The second-order valence-corrected chi connectivity index (χ2v) is 11.4. The number of anilines is 2. The first-order chi connectivity index (χ1) is 21.1. The minimum Gasteiger partial charge on any atom is -0.335 e. The molecule has 2 heterocycles. The van der Waals surface area contributed by atoms with Crippen LogP contribution in [0.2, 0.25) is 0 Å². The van der Waals surface area contributed by atoms with Crippen molar-refractivity contribution in [2.24, 2.45) is 4.99 Å². The van der Waals surface area contributed by atoms with Gasteiger partial charge in [0.05, 0.1) is 22.4 Å². The molecule has 1 aromatic heterocycles. The van der Waals surface area contributed by atoms with Crippen LogP contribution >= 0.6 is 0 Å². The van der Waals surface area contributed by atoms with E-state index in [9.17, 15) is 0 Å². The van der Waals surface area contributed by atoms with E-state index in [0.717, 1.165) is 17.9 Å². The van der Waals surface area contributed by atoms with Crippen molar-refractivity contribution in [3.63, 3.8) is 0 Å². The largest absolute Gasteiger partial charge is 0.335 e. The molecule has 3 nitrogen and oxygen atoms in total. The minimum absolute atomic E-state index is 0.767. The van der Waals surface area contributed by atoms with E-state index < -0.39 is 0 Å². The van der Waals surface area contributed by atoms with Crippen molar-refractivity contribution in [3.05, 3.63) is 144 Å². The van der Waals surface area contributed by atoms with Gasteiger partial charge in [0, 0.05) is 34.3 Å². The number of fused-ring (bicyclic) bond motifs is 6. The molecule has 1 aliphatic heterocycles. The Bertz CT molecular complexity index is 2220. The van der Waals surface area contributed by atoms with Gasteiger partial charge in [-0.2, -0.15) is 0 Å². The van der Waals surface area contributed by atoms with Crippen LogP contribution in [0.15, 0.2) is 132 Å². The number of benzene rings is 6. The Balaban J connectivity index is 1.36. The number of aryl methyl sites for hydroxylation is 2. The third-order valence-corrected chi connectivity index (χ3v) is 9.03. The van der Waals surface area contributed by atoms with Gasteiger partial charge < -0.3 is 9.47 Å². The topological polar surface area (TPSA) is 20.5 Å². The van der Waals surface area contributed by atoms with E-state index >= 15 is 0 Å². The summed E-state index contributed by atoms with van der Waals surface area (Å²) in [6, 6.07) is 46.0. The number of para-hydroxylation sites is 4. The molecule has 0 bridgehead atoms. The van der Waals surface area contributed by atoms with Crippen LogP contribution in [0, 0.1) is 13.8 Å². The van der Waals surface area contributed by atoms with Crippen LogP contribution in [0.5, 0.6) is 0 Å². The zero-order chi connectivity index (χ0) is 29.1. The Kier molecular flexibility index (Phi) is 5.80. The van der Waals surface area contributed by atoms with E-state index in [-0.39, 0.29) is 0 Å². The van der Waals surface area contributed by atoms with Crippen LogP contribution in [-0.4, -0.2) is 11.3 Å². The number of nitrogens with zero attached hydrogens (tertiary/aromatic N) is 3. The van der Waals surface area contributed by atoms with Crippen LogP contribution in [0.3, 0.4) is 0 Å². The summed E-state index contributed by atoms with van der Waals surface area (Å²) in [7, 11) is 0. The molecular weight excluding hydrogens is 522 g/mol. The molecular formula is C40H31N3. The molecule has 6 aromatic carbocycles. The number of hydrogen-bond acceptors (Lipinski definition) is 2. The van der Waals surface area contributed by atoms with Crippen molar-refractivity contribution < 1.29 is 0 Å². The van der Waals surface area contributed by atoms with E-state index in [2.05, 4.69) is 150 Å². The molecule has 0 atom stereocenters. The summed E-state index contributed by atoms with van der Waals surface area (Å²) in [6.07, 6.45) is 0. The summed E-state index contributed by atoms with van der Waals surface area (Å²) in [5.74, 6) is 0. The number of aromatic nitrogens is 1. The van der Waals surface area contributed by atoms with Gasteiger partial charge in [0.25, 0.3) is 0 Å². The van der Waals surface area contributed by atoms with Crippen molar-refractivity contribution in [2.75, 3.05) is 4.90 Å². The first-order valence-electron chi connectivity index (χ1n) is 14.8. The molecule has 0 saturated carbocycles. The maximum absolute atomic E-state index is 4.33. The molecule has 0 aliphatic carbocycles. The third-order valence-electron chi connectivity index (χ3n) is 9.03. The Morgan fingerprint density at radius 1 is 0.605 bits per heavy atom. The molecule has 3 heteroatoms. The summed E-state index contributed by atoms with van der Waals surface area (Å²) in [5.41, 5.74) is 15.7. The van der Waals surface area contributed by atoms with Gasteiger partial charge in [0.1, 0.15) is 0 Å². The summed E-state index contributed by atoms with van der Waals surface area (Å²) < 4.78 is 2.47. The normalized spacial score (nSPS) is 12.4. The highest BCUT2D eigenvalue weighted by atomic mass is 15.2. The average molecular weight is 554 g/mol. The fourth-order valence-electron chi connectivity index (χ4n) is 6.98. The van der Waals surface area contributed by atoms with Gasteiger partial charge in [0.15, 0.2) is 0 Å². The quantitative estimate of drug-likeness (QED) is 0.199. The Morgan fingerprint density at radius 3 is 2.16 bits per heavy atom. The second kappa shape index (κ2) is 9.85. The van der Waals surface area contributed by atoms with Crippen LogP contribution < -0.4 is 4.90 Å². The highest BCUT2D eigenvalue weighted by Crippen LogP contribution is 2.46. The lowest BCUT2D eigenvalue weighted by atomic mass is 9.92. The molecule has 7 aromatic rings. The lowest BCUT2D eigenvalue weighted by Gasteiger charge is -2.34. The number of aliphatic imine (C=N–C) groups is 1. The van der Waals surface area contributed by atoms with Crippen molar-refractivity contribution in [1.29, 1.82) is 0 Å². The number of rotatable bonds is 4. The molecule has 0 saturated heterocycles. The van der Waals surface area contributed by atoms with Crippen LogP contribution in [0.25, 0.3) is 49.7 Å². The van der Waals surface area contributed by atoms with E-state index in [0.29, 0.717) is 0 Å². The van der Waals surface area contributed by atoms with Crippen LogP contribution in [-0.2, 0) is 6.54 Å². The van der Waals surface area contributed by atoms with Crippen molar-refractivity contribution in [3.8, 4) is 27.9 Å². The molecule has 206 valence electrons. The SMILES string of the molecule is C=Nc1ccccc1N1Cc2ccc(-n3c4ccccc4c4ccc(-c5ccccc5C)c(C)c43)cc2-c2ccccc21. The highest BCUT2D eigenvalue weighted by Gasteiger charge is 2.25. The second-order valence-electron chi connectivity index (χ2n) is 11.4. The standard InChI is InChI=1S/C40H31N3/c1-26-12-4-5-13-30(26)31-22-23-34-32-14-7-10-18-38(32)43(40(34)27(31)2)29-21-20-28-25-42(39-19-11-8-16-36(39)41-3)37-17-9-6-15-33(37)35(28)24-29/h4-24H,3,25H2,1-2H3. The van der Waals surface area contributed by atoms with Crippen molar-refractivity contribution in [2.45, 2.75) is 20.4 Å². The van der Waals surface area contributed by atoms with Gasteiger partial charge >= 0.3 is 0 Å². The molecule has 0 spiro atoms. The monoisotopic (exact) mass is 553 g/mol. The zero-order valence-corrected chi connectivity index (χ0v) is 24.4. The smallest absolute Gasteiger partial charge is 0.0859 e. The van der Waals surface area contributed by atoms with Crippen molar-refractivity contribution in [1.82, 2.24) is 4.57 Å². The van der Waals surface area contributed by atoms with Crippen LogP contribution in [0.1, 0.15) is 16.7 Å². The summed E-state index contributed by atoms with van der Waals surface area (Å²) in [6.45, 7) is 9.07. The van der Waals surface area contributed by atoms with E-state index in [1.54, 1.807) is 0 Å². The van der Waals surface area contributed by atoms with Gasteiger partial charge in [-0.3, -0.25) is 4.99 Å². The first-order valence-corrected chi connectivity index (χ1v) is 14.8. The predicted molar refractivity (Wildman–Crippen MR) is 183 cm³/mol. The van der Waals surface area contributed by atoms with Gasteiger partial charge in [-0.25, -0.2) is 0 Å². The van der Waals surface area contributed by atoms with E-state index in [1.807, 2.05) is 12.1 Å². The van der Waals surface area contributed by atoms with Crippen LogP contribution in [0.4, 0.5) is 17.1 Å². The van der Waals surface area contributed by atoms with E-state index in [1.165, 1.54) is 72.1 Å². The predicted octanol–water partition coefficient (Wildman–Crippen LogP) is 10.7. The molecule has 0 fully saturated rings. The molecule has 0 amide bonds. The van der Waals surface area contributed by atoms with Gasteiger partial charge in [-0.05, 0) is 90.3 Å². The molecule has 43 heavy (non-hydrogen) atoms. The molecule has 8 rings (SSSR count). The minimum atomic E-state index is 0.767. The summed E-state index contributed by atoms with van der Waals surface area (Å²) in [5, 5.41) is 2.55. The Morgan fingerprint density at radius 2 is 1.33 bits per heavy atom. The maximum atomic E-state index is 4.33. The Labute approximate surface area is 252 Å². The van der Waals surface area contributed by atoms with Crippen molar-refractivity contribution >= 4 is 45.6 Å². The number of hydrogen-bond donors (Lipinski definition) is 0. The maximum Gasteiger partial charge on any atom is 0.0859 e. The zero-order valence-electron chi connectivity index (χ0n) is 24.4. The van der Waals surface area contributed by atoms with Gasteiger partial charge in [-0.1, -0.05) is 91.0 Å². The van der Waals surface area contributed by atoms with Gasteiger partial charge in [0.2, 0.25) is 0 Å². The summed E-state index contributed by atoms with van der Waals surface area (Å²) in [4.78, 5) is 6.69. The highest BCUT2D eigenvalue weighted by molar-refractivity contribution is 6.11. The molecule has 1 aliphatic rings. The molecule has 0 unspecified atom stereocenters. The average Bonchev–Trinajstić information content (AvgIpc) is 3.40. The fourth-order valence-corrected chi connectivity index (χ4v) is 6.98. The first kappa shape index (κ1) is 25.3. The third kappa shape index (κ3) is 3.85. The fraction of sp³-hybridized carbons (Fsp3) is 0.0750. The molecule has 0 radical (unpaired) electrons. The Hall–Kier alpha value is -5.41. The lowest BCUT2D eigenvalue weighted by Crippen LogP contribution is -2.21. The van der Waals surface area contributed by atoms with Gasteiger partial charge in [-0.15, -0.1) is 0 Å².